The summed E-state index contributed by atoms with van der Waals surface area (Å²) in [4.78, 5) is 16.7. The zero-order chi connectivity index (χ0) is 17.1. The van der Waals surface area contributed by atoms with Crippen molar-refractivity contribution in [2.24, 2.45) is 0 Å². The number of amides is 1. The summed E-state index contributed by atoms with van der Waals surface area (Å²) in [5.41, 5.74) is 2.40. The molecule has 24 heavy (non-hydrogen) atoms. The lowest BCUT2D eigenvalue weighted by atomic mass is 10.2. The number of nitrogens with zero attached hydrogens (tertiary/aromatic N) is 4. The number of hydrogen-bond acceptors (Lipinski definition) is 5. The second kappa shape index (κ2) is 6.66. The third-order valence-electron chi connectivity index (χ3n) is 3.57. The SMILES string of the molecule is CCOc1cccc(C(=O)NCc2nnc3nc(C)cc(C)n23)c1. The first-order valence-corrected chi connectivity index (χ1v) is 7.78. The van der Waals surface area contributed by atoms with Gasteiger partial charge < -0.3 is 10.1 Å². The Morgan fingerprint density at radius 1 is 1.25 bits per heavy atom. The molecule has 7 nitrogen and oxygen atoms in total. The van der Waals surface area contributed by atoms with Crippen LogP contribution in [-0.2, 0) is 6.54 Å². The van der Waals surface area contributed by atoms with Gasteiger partial charge in [0.1, 0.15) is 5.75 Å². The standard InChI is InChI=1S/C17H19N5O2/c1-4-24-14-7-5-6-13(9-14)16(23)18-10-15-20-21-17-19-11(2)8-12(3)22(15)17/h5-9H,4,10H2,1-3H3,(H,18,23). The molecule has 0 saturated heterocycles. The average molecular weight is 325 g/mol. The molecule has 7 heteroatoms. The third-order valence-corrected chi connectivity index (χ3v) is 3.57. The lowest BCUT2D eigenvalue weighted by Gasteiger charge is -2.08. The molecule has 1 aromatic carbocycles. The van der Waals surface area contributed by atoms with Crippen LogP contribution in [0.3, 0.4) is 0 Å². The van der Waals surface area contributed by atoms with Gasteiger partial charge in [0.15, 0.2) is 5.82 Å². The molecule has 0 unspecified atom stereocenters. The van der Waals surface area contributed by atoms with Gasteiger partial charge in [0.05, 0.1) is 13.2 Å². The van der Waals surface area contributed by atoms with Crippen molar-refractivity contribution in [2.75, 3.05) is 6.61 Å². The first-order chi connectivity index (χ1) is 11.6. The van der Waals surface area contributed by atoms with Crippen LogP contribution in [0.15, 0.2) is 30.3 Å². The number of nitrogens with one attached hydrogen (secondary N) is 1. The van der Waals surface area contributed by atoms with Crippen LogP contribution < -0.4 is 10.1 Å². The van der Waals surface area contributed by atoms with Crippen molar-refractivity contribution in [3.8, 4) is 5.75 Å². The second-order valence-electron chi connectivity index (χ2n) is 5.43. The summed E-state index contributed by atoms with van der Waals surface area (Å²) in [5, 5.41) is 11.0. The summed E-state index contributed by atoms with van der Waals surface area (Å²) in [5.74, 6) is 1.67. The van der Waals surface area contributed by atoms with Gasteiger partial charge >= 0.3 is 0 Å². The van der Waals surface area contributed by atoms with Crippen molar-refractivity contribution in [1.29, 1.82) is 0 Å². The van der Waals surface area contributed by atoms with E-state index in [9.17, 15) is 4.79 Å². The van der Waals surface area contributed by atoms with E-state index in [-0.39, 0.29) is 12.5 Å². The van der Waals surface area contributed by atoms with Crippen molar-refractivity contribution in [3.63, 3.8) is 0 Å². The molecule has 124 valence electrons. The molecule has 3 rings (SSSR count). The van der Waals surface area contributed by atoms with Gasteiger partial charge in [0.25, 0.3) is 11.7 Å². The Balaban J connectivity index is 1.76. The van der Waals surface area contributed by atoms with E-state index in [2.05, 4.69) is 20.5 Å². The van der Waals surface area contributed by atoms with Gasteiger partial charge in [-0.3, -0.25) is 9.20 Å². The largest absolute Gasteiger partial charge is 0.494 e. The fourth-order valence-corrected chi connectivity index (χ4v) is 2.57. The van der Waals surface area contributed by atoms with Gasteiger partial charge in [-0.15, -0.1) is 10.2 Å². The van der Waals surface area contributed by atoms with Gasteiger partial charge in [-0.2, -0.15) is 0 Å². The van der Waals surface area contributed by atoms with E-state index in [0.29, 0.717) is 29.5 Å². The molecule has 2 aromatic heterocycles. The predicted molar refractivity (Wildman–Crippen MR) is 89.0 cm³/mol. The zero-order valence-electron chi connectivity index (χ0n) is 13.9. The summed E-state index contributed by atoms with van der Waals surface area (Å²) in [6.45, 7) is 6.60. The minimum Gasteiger partial charge on any atom is -0.494 e. The first kappa shape index (κ1) is 15.9. The van der Waals surface area contributed by atoms with Crippen LogP contribution in [0.4, 0.5) is 0 Å². The lowest BCUT2D eigenvalue weighted by Crippen LogP contribution is -2.24. The normalized spacial score (nSPS) is 10.8. The fraction of sp³-hybridized carbons (Fsp3) is 0.294. The number of benzene rings is 1. The number of carbonyl (C=O) groups is 1. The second-order valence-corrected chi connectivity index (χ2v) is 5.43. The monoisotopic (exact) mass is 325 g/mol. The molecule has 0 radical (unpaired) electrons. The molecule has 0 bridgehead atoms. The maximum absolute atomic E-state index is 12.3. The van der Waals surface area contributed by atoms with Crippen molar-refractivity contribution in [2.45, 2.75) is 27.3 Å². The number of carbonyl (C=O) groups excluding carboxylic acids is 1. The summed E-state index contributed by atoms with van der Waals surface area (Å²) < 4.78 is 7.25. The number of hydrogen-bond donors (Lipinski definition) is 1. The predicted octanol–water partition coefficient (Wildman–Crippen LogP) is 2.07. The summed E-state index contributed by atoms with van der Waals surface area (Å²) in [6, 6.07) is 9.03. The molecular weight excluding hydrogens is 306 g/mol. The highest BCUT2D eigenvalue weighted by atomic mass is 16.5. The first-order valence-electron chi connectivity index (χ1n) is 7.78. The van der Waals surface area contributed by atoms with Crippen LogP contribution in [-0.4, -0.2) is 32.1 Å². The number of ether oxygens (including phenoxy) is 1. The van der Waals surface area contributed by atoms with Crippen LogP contribution in [0.2, 0.25) is 0 Å². The summed E-state index contributed by atoms with van der Waals surface area (Å²) >= 11 is 0. The van der Waals surface area contributed by atoms with Crippen LogP contribution in [0, 0.1) is 13.8 Å². The minimum absolute atomic E-state index is 0.189. The van der Waals surface area contributed by atoms with Crippen LogP contribution in [0.25, 0.3) is 5.78 Å². The summed E-state index contributed by atoms with van der Waals surface area (Å²) in [6.07, 6.45) is 0. The topological polar surface area (TPSA) is 81.4 Å². The van der Waals surface area contributed by atoms with Crippen molar-refractivity contribution in [1.82, 2.24) is 24.9 Å². The highest BCUT2D eigenvalue weighted by Gasteiger charge is 2.12. The molecular formula is C17H19N5O2. The minimum atomic E-state index is -0.189. The Kier molecular flexibility index (Phi) is 4.41. The Hall–Kier alpha value is -2.96. The molecule has 0 aliphatic carbocycles. The van der Waals surface area contributed by atoms with E-state index in [1.165, 1.54) is 0 Å². The maximum Gasteiger partial charge on any atom is 0.255 e. The molecule has 3 aromatic rings. The van der Waals surface area contributed by atoms with Gasteiger partial charge in [-0.1, -0.05) is 6.07 Å². The Labute approximate surface area is 139 Å². The zero-order valence-corrected chi connectivity index (χ0v) is 13.9. The number of rotatable bonds is 5. The van der Waals surface area contributed by atoms with Gasteiger partial charge in [0.2, 0.25) is 0 Å². The highest BCUT2D eigenvalue weighted by Crippen LogP contribution is 2.13. The van der Waals surface area contributed by atoms with Gasteiger partial charge in [-0.25, -0.2) is 4.98 Å². The molecule has 1 N–H and O–H groups in total. The Morgan fingerprint density at radius 3 is 2.88 bits per heavy atom. The molecule has 0 saturated carbocycles. The van der Waals surface area contributed by atoms with Gasteiger partial charge in [-0.05, 0) is 45.0 Å². The summed E-state index contributed by atoms with van der Waals surface area (Å²) in [7, 11) is 0. The smallest absolute Gasteiger partial charge is 0.255 e. The molecule has 0 aliphatic heterocycles. The average Bonchev–Trinajstić information content (AvgIpc) is 2.96. The molecule has 0 aliphatic rings. The third kappa shape index (κ3) is 3.19. The van der Waals surface area contributed by atoms with E-state index in [1.54, 1.807) is 18.2 Å². The fourth-order valence-electron chi connectivity index (χ4n) is 2.57. The molecule has 0 spiro atoms. The maximum atomic E-state index is 12.3. The van der Waals surface area contributed by atoms with Crippen LogP contribution >= 0.6 is 0 Å². The molecule has 2 heterocycles. The Morgan fingerprint density at radius 2 is 2.08 bits per heavy atom. The van der Waals surface area contributed by atoms with Gasteiger partial charge in [0, 0.05) is 17.0 Å². The Bertz CT molecular complexity index is 888. The van der Waals surface area contributed by atoms with E-state index in [1.807, 2.05) is 37.3 Å². The van der Waals surface area contributed by atoms with Crippen molar-refractivity contribution >= 4 is 11.7 Å². The van der Waals surface area contributed by atoms with E-state index in [0.717, 1.165) is 11.4 Å². The highest BCUT2D eigenvalue weighted by molar-refractivity contribution is 5.94. The quantitative estimate of drug-likeness (QED) is 0.776. The van der Waals surface area contributed by atoms with Crippen molar-refractivity contribution < 1.29 is 9.53 Å². The number of aromatic nitrogens is 4. The molecule has 0 atom stereocenters. The van der Waals surface area contributed by atoms with Crippen LogP contribution in [0.1, 0.15) is 34.5 Å². The molecule has 0 fully saturated rings. The van der Waals surface area contributed by atoms with Crippen molar-refractivity contribution in [3.05, 3.63) is 53.1 Å². The number of fused-ring (bicyclic) bond motifs is 1. The van der Waals surface area contributed by atoms with E-state index >= 15 is 0 Å². The number of aryl methyl sites for hydroxylation is 2. The van der Waals surface area contributed by atoms with Crippen LogP contribution in [0.5, 0.6) is 5.75 Å². The molecule has 1 amide bonds. The lowest BCUT2D eigenvalue weighted by molar-refractivity contribution is 0.0949. The van der Waals surface area contributed by atoms with E-state index < -0.39 is 0 Å². The van der Waals surface area contributed by atoms with E-state index in [4.69, 9.17) is 4.74 Å².